The molecule has 1 fully saturated rings. The number of nitrogen functional groups attached to an aromatic ring is 1. The molecule has 6 nitrogen and oxygen atoms in total. The molecule has 19 heavy (non-hydrogen) atoms. The van der Waals surface area contributed by atoms with Crippen molar-refractivity contribution in [1.29, 1.82) is 0 Å². The average Bonchev–Trinajstić information content (AvgIpc) is 2.39. The smallest absolute Gasteiger partial charge is 0.337 e. The summed E-state index contributed by atoms with van der Waals surface area (Å²) in [6.07, 6.45) is 3.54. The van der Waals surface area contributed by atoms with Crippen LogP contribution in [0.2, 0.25) is 0 Å². The monoisotopic (exact) mass is 264 g/mol. The van der Waals surface area contributed by atoms with Crippen molar-refractivity contribution in [2.24, 2.45) is 0 Å². The Labute approximate surface area is 112 Å². The number of carboxylic acids is 1. The van der Waals surface area contributed by atoms with Gasteiger partial charge in [0.1, 0.15) is 5.82 Å². The highest BCUT2D eigenvalue weighted by molar-refractivity contribution is 5.94. The molecule has 0 atom stereocenters. The van der Waals surface area contributed by atoms with Crippen molar-refractivity contribution >= 4 is 17.5 Å². The molecule has 0 unspecified atom stereocenters. The van der Waals surface area contributed by atoms with Gasteiger partial charge in [-0.05, 0) is 33.0 Å². The van der Waals surface area contributed by atoms with Gasteiger partial charge < -0.3 is 20.6 Å². The van der Waals surface area contributed by atoms with Crippen molar-refractivity contribution in [2.45, 2.75) is 18.9 Å². The van der Waals surface area contributed by atoms with Gasteiger partial charge in [-0.3, -0.25) is 0 Å². The maximum atomic E-state index is 11.1. The molecule has 0 spiro atoms. The van der Waals surface area contributed by atoms with Crippen molar-refractivity contribution in [1.82, 2.24) is 9.88 Å². The molecule has 6 heteroatoms. The fraction of sp³-hybridized carbons (Fsp3) is 0.538. The van der Waals surface area contributed by atoms with Gasteiger partial charge in [0.25, 0.3) is 0 Å². The lowest BCUT2D eigenvalue weighted by molar-refractivity contribution is 0.0698. The van der Waals surface area contributed by atoms with Crippen LogP contribution in [0.4, 0.5) is 11.5 Å². The van der Waals surface area contributed by atoms with Gasteiger partial charge in [-0.25, -0.2) is 9.78 Å². The van der Waals surface area contributed by atoms with Gasteiger partial charge in [-0.15, -0.1) is 0 Å². The standard InChI is InChI=1S/C13H20N4O2/c1-16(2)9-3-5-17(6-4-9)12-7-10(13(18)19)11(14)8-15-12/h7-9H,3-6,14H2,1-2H3,(H,18,19). The summed E-state index contributed by atoms with van der Waals surface area (Å²) >= 11 is 0. The number of aromatic carboxylic acids is 1. The number of hydrogen-bond donors (Lipinski definition) is 2. The van der Waals surface area contributed by atoms with Crippen LogP contribution < -0.4 is 10.6 Å². The van der Waals surface area contributed by atoms with E-state index in [1.54, 1.807) is 6.07 Å². The lowest BCUT2D eigenvalue weighted by atomic mass is 10.0. The van der Waals surface area contributed by atoms with Crippen molar-refractivity contribution in [3.8, 4) is 0 Å². The van der Waals surface area contributed by atoms with E-state index in [0.717, 1.165) is 25.9 Å². The molecule has 1 aliphatic heterocycles. The molecule has 2 rings (SSSR count). The first-order chi connectivity index (χ1) is 8.99. The molecule has 0 saturated carbocycles. The predicted molar refractivity (Wildman–Crippen MR) is 74.5 cm³/mol. The number of hydrogen-bond acceptors (Lipinski definition) is 5. The summed E-state index contributed by atoms with van der Waals surface area (Å²) in [5, 5.41) is 9.07. The van der Waals surface area contributed by atoms with Gasteiger partial charge in [0.15, 0.2) is 0 Å². The maximum Gasteiger partial charge on any atom is 0.337 e. The third kappa shape index (κ3) is 2.96. The van der Waals surface area contributed by atoms with Crippen molar-refractivity contribution < 1.29 is 9.90 Å². The van der Waals surface area contributed by atoms with Crippen LogP contribution in [0.25, 0.3) is 0 Å². The van der Waals surface area contributed by atoms with Crippen LogP contribution in [0.5, 0.6) is 0 Å². The first kappa shape index (κ1) is 13.6. The summed E-state index contributed by atoms with van der Waals surface area (Å²) in [6, 6.07) is 2.15. The summed E-state index contributed by atoms with van der Waals surface area (Å²) in [5.74, 6) is -0.312. The maximum absolute atomic E-state index is 11.1. The van der Waals surface area contributed by atoms with E-state index in [1.165, 1.54) is 6.20 Å². The molecule has 0 radical (unpaired) electrons. The van der Waals surface area contributed by atoms with Crippen molar-refractivity contribution in [2.75, 3.05) is 37.8 Å². The lowest BCUT2D eigenvalue weighted by Crippen LogP contribution is -2.42. The highest BCUT2D eigenvalue weighted by Gasteiger charge is 2.22. The quantitative estimate of drug-likeness (QED) is 0.843. The second-order valence-corrected chi connectivity index (χ2v) is 5.12. The Morgan fingerprint density at radius 1 is 1.47 bits per heavy atom. The van der Waals surface area contributed by atoms with E-state index < -0.39 is 5.97 Å². The Bertz CT molecular complexity index is 468. The minimum absolute atomic E-state index is 0.125. The van der Waals surface area contributed by atoms with Crippen LogP contribution in [0.1, 0.15) is 23.2 Å². The Morgan fingerprint density at radius 3 is 2.63 bits per heavy atom. The Balaban J connectivity index is 2.12. The first-order valence-corrected chi connectivity index (χ1v) is 6.39. The molecule has 1 saturated heterocycles. The van der Waals surface area contributed by atoms with E-state index in [1.807, 2.05) is 0 Å². The zero-order valence-electron chi connectivity index (χ0n) is 11.3. The van der Waals surface area contributed by atoms with E-state index in [4.69, 9.17) is 10.8 Å². The lowest BCUT2D eigenvalue weighted by Gasteiger charge is -2.35. The van der Waals surface area contributed by atoms with Crippen LogP contribution in [-0.4, -0.2) is 54.2 Å². The van der Waals surface area contributed by atoms with E-state index in [2.05, 4.69) is 28.9 Å². The molecule has 104 valence electrons. The Morgan fingerprint density at radius 2 is 2.11 bits per heavy atom. The van der Waals surface area contributed by atoms with E-state index in [-0.39, 0.29) is 11.3 Å². The second kappa shape index (κ2) is 5.44. The summed E-state index contributed by atoms with van der Waals surface area (Å²) in [5.41, 5.74) is 5.95. The molecule has 2 heterocycles. The number of nitrogens with two attached hydrogens (primary N) is 1. The Hall–Kier alpha value is -1.82. The minimum Gasteiger partial charge on any atom is -0.478 e. The van der Waals surface area contributed by atoms with Crippen LogP contribution in [0.15, 0.2) is 12.3 Å². The molecule has 0 amide bonds. The number of carbonyl (C=O) groups is 1. The SMILES string of the molecule is CN(C)C1CCN(c2cc(C(=O)O)c(N)cn2)CC1. The molecule has 0 aliphatic carbocycles. The second-order valence-electron chi connectivity index (χ2n) is 5.12. The van der Waals surface area contributed by atoms with Crippen LogP contribution >= 0.6 is 0 Å². The normalized spacial score (nSPS) is 16.9. The van der Waals surface area contributed by atoms with Gasteiger partial charge in [0.2, 0.25) is 0 Å². The third-order valence-corrected chi connectivity index (χ3v) is 3.67. The number of piperidine rings is 1. The highest BCUT2D eigenvalue weighted by Crippen LogP contribution is 2.22. The molecular formula is C13H20N4O2. The fourth-order valence-corrected chi connectivity index (χ4v) is 2.42. The van der Waals surface area contributed by atoms with Crippen molar-refractivity contribution in [3.05, 3.63) is 17.8 Å². The molecular weight excluding hydrogens is 244 g/mol. The number of anilines is 2. The Kier molecular flexibility index (Phi) is 3.90. The number of aromatic nitrogens is 1. The van der Waals surface area contributed by atoms with E-state index in [0.29, 0.717) is 11.9 Å². The molecule has 1 aromatic rings. The zero-order chi connectivity index (χ0) is 14.0. The fourth-order valence-electron chi connectivity index (χ4n) is 2.42. The van der Waals surface area contributed by atoms with Gasteiger partial charge in [-0.2, -0.15) is 0 Å². The summed E-state index contributed by atoms with van der Waals surface area (Å²) in [7, 11) is 4.18. The predicted octanol–water partition coefficient (Wildman–Crippen LogP) is 0.892. The van der Waals surface area contributed by atoms with Crippen molar-refractivity contribution in [3.63, 3.8) is 0 Å². The van der Waals surface area contributed by atoms with Gasteiger partial charge in [0.05, 0.1) is 17.4 Å². The summed E-state index contributed by atoms with van der Waals surface area (Å²) in [4.78, 5) is 19.7. The van der Waals surface area contributed by atoms with Gasteiger partial charge in [0, 0.05) is 19.1 Å². The van der Waals surface area contributed by atoms with Crippen LogP contribution in [-0.2, 0) is 0 Å². The summed E-state index contributed by atoms with van der Waals surface area (Å²) < 4.78 is 0. The number of nitrogens with zero attached hydrogens (tertiary/aromatic N) is 3. The number of carboxylic acid groups (broad SMARTS) is 1. The van der Waals surface area contributed by atoms with Gasteiger partial charge in [-0.1, -0.05) is 0 Å². The number of pyridine rings is 1. The first-order valence-electron chi connectivity index (χ1n) is 6.39. The molecule has 0 aromatic carbocycles. The largest absolute Gasteiger partial charge is 0.478 e. The van der Waals surface area contributed by atoms with E-state index in [9.17, 15) is 4.79 Å². The summed E-state index contributed by atoms with van der Waals surface area (Å²) in [6.45, 7) is 1.78. The molecule has 1 aromatic heterocycles. The topological polar surface area (TPSA) is 82.7 Å². The molecule has 1 aliphatic rings. The van der Waals surface area contributed by atoms with Gasteiger partial charge >= 0.3 is 5.97 Å². The van der Waals surface area contributed by atoms with Crippen LogP contribution in [0.3, 0.4) is 0 Å². The third-order valence-electron chi connectivity index (χ3n) is 3.67. The molecule has 0 bridgehead atoms. The highest BCUT2D eigenvalue weighted by atomic mass is 16.4. The number of rotatable bonds is 3. The van der Waals surface area contributed by atoms with E-state index >= 15 is 0 Å². The zero-order valence-corrected chi connectivity index (χ0v) is 11.3. The van der Waals surface area contributed by atoms with Crippen LogP contribution in [0, 0.1) is 0 Å². The molecule has 3 N–H and O–H groups in total. The minimum atomic E-state index is -1.01. The average molecular weight is 264 g/mol.